The maximum atomic E-state index is 15.4. The van der Waals surface area contributed by atoms with Crippen LogP contribution in [0.4, 0.5) is 4.39 Å². The smallest absolute Gasteiger partial charge is 0.264 e. The maximum Gasteiger partial charge on any atom is 0.264 e. The topological polar surface area (TPSA) is 107 Å². The summed E-state index contributed by atoms with van der Waals surface area (Å²) in [5, 5.41) is 7.84. The van der Waals surface area contributed by atoms with Crippen molar-refractivity contribution in [3.05, 3.63) is 42.8 Å². The van der Waals surface area contributed by atoms with E-state index in [1.54, 1.807) is 24.5 Å². The van der Waals surface area contributed by atoms with E-state index in [1.165, 1.54) is 21.4 Å². The molecule has 4 heterocycles. The minimum absolute atomic E-state index is 0.0170. The van der Waals surface area contributed by atoms with Crippen molar-refractivity contribution in [1.82, 2.24) is 29.2 Å². The number of halogens is 1. The van der Waals surface area contributed by atoms with Crippen molar-refractivity contribution >= 4 is 10.0 Å². The average molecular weight is 406 g/mol. The van der Waals surface area contributed by atoms with Crippen molar-refractivity contribution in [2.45, 2.75) is 36.9 Å². The predicted molar refractivity (Wildman–Crippen MR) is 96.2 cm³/mol. The summed E-state index contributed by atoms with van der Waals surface area (Å²) in [4.78, 5) is 8.20. The Morgan fingerprint density at radius 2 is 1.96 bits per heavy atom. The van der Waals surface area contributed by atoms with E-state index in [9.17, 15) is 8.42 Å². The zero-order valence-corrected chi connectivity index (χ0v) is 16.0. The molecule has 0 aromatic carbocycles. The number of aryl methyl sites for hydroxylation is 1. The van der Waals surface area contributed by atoms with Crippen LogP contribution in [-0.4, -0.2) is 50.7 Å². The summed E-state index contributed by atoms with van der Waals surface area (Å²) in [7, 11) is -3.71. The third-order valence-corrected chi connectivity index (χ3v) is 6.69. The number of sulfonamides is 1. The second-order valence-corrected chi connectivity index (χ2v) is 8.50. The number of hydrogen-bond donors (Lipinski definition) is 0. The van der Waals surface area contributed by atoms with Gasteiger partial charge in [-0.15, -0.1) is 0 Å². The van der Waals surface area contributed by atoms with E-state index in [0.717, 1.165) is 0 Å². The third-order valence-electron chi connectivity index (χ3n) is 4.83. The van der Waals surface area contributed by atoms with Gasteiger partial charge < -0.3 is 4.52 Å². The van der Waals surface area contributed by atoms with E-state index in [2.05, 4.69) is 20.2 Å². The van der Waals surface area contributed by atoms with Gasteiger partial charge in [0.05, 0.1) is 6.20 Å². The van der Waals surface area contributed by atoms with E-state index in [-0.39, 0.29) is 42.5 Å². The molecule has 0 saturated carbocycles. The molecule has 3 aromatic heterocycles. The van der Waals surface area contributed by atoms with Crippen molar-refractivity contribution < 1.29 is 17.3 Å². The molecule has 1 saturated heterocycles. The molecule has 9 nitrogen and oxygen atoms in total. The Kier molecular flexibility index (Phi) is 4.71. The first kappa shape index (κ1) is 18.7. The molecule has 0 atom stereocenters. The minimum atomic E-state index is -3.71. The van der Waals surface area contributed by atoms with Gasteiger partial charge in [-0.2, -0.15) is 14.4 Å². The first-order valence-corrected chi connectivity index (χ1v) is 10.3. The van der Waals surface area contributed by atoms with E-state index < -0.39 is 15.7 Å². The lowest BCUT2D eigenvalue weighted by Crippen LogP contribution is -2.43. The SMILES string of the molecule is CCn1cc(S(=O)(=O)N2CCC(F)(c3nc(-c4ccncc4)no3)CC2)cn1. The first-order chi connectivity index (χ1) is 13.4. The number of rotatable bonds is 5. The first-order valence-electron chi connectivity index (χ1n) is 8.88. The van der Waals surface area contributed by atoms with E-state index in [4.69, 9.17) is 4.52 Å². The zero-order valence-electron chi connectivity index (χ0n) is 15.2. The van der Waals surface area contributed by atoms with Gasteiger partial charge in [0.25, 0.3) is 5.89 Å². The highest BCUT2D eigenvalue weighted by Crippen LogP contribution is 2.38. The van der Waals surface area contributed by atoms with Crippen molar-refractivity contribution in [3.8, 4) is 11.4 Å². The number of alkyl halides is 1. The fourth-order valence-electron chi connectivity index (χ4n) is 3.12. The molecule has 0 unspecified atom stereocenters. The maximum absolute atomic E-state index is 15.4. The van der Waals surface area contributed by atoms with Gasteiger partial charge in [0, 0.05) is 56.6 Å². The standard InChI is InChI=1S/C17H19FN6O3S/c1-2-23-12-14(11-20-23)28(25,26)24-9-5-17(18,6-10-24)16-21-15(22-27-16)13-3-7-19-8-4-13/h3-4,7-8,11-12H,2,5-6,9-10H2,1H3. The monoisotopic (exact) mass is 406 g/mol. The van der Waals surface area contributed by atoms with Gasteiger partial charge in [0.1, 0.15) is 4.90 Å². The van der Waals surface area contributed by atoms with Crippen LogP contribution in [0.15, 0.2) is 46.3 Å². The van der Waals surface area contributed by atoms with Crippen LogP contribution in [0.5, 0.6) is 0 Å². The molecule has 0 bridgehead atoms. The number of nitrogens with zero attached hydrogens (tertiary/aromatic N) is 6. The molecule has 4 rings (SSSR count). The predicted octanol–water partition coefficient (Wildman–Crippen LogP) is 2.00. The van der Waals surface area contributed by atoms with E-state index >= 15 is 4.39 Å². The molecule has 11 heteroatoms. The van der Waals surface area contributed by atoms with Gasteiger partial charge in [0.2, 0.25) is 15.8 Å². The van der Waals surface area contributed by atoms with Crippen molar-refractivity contribution in [3.63, 3.8) is 0 Å². The van der Waals surface area contributed by atoms with Crippen LogP contribution in [0.2, 0.25) is 0 Å². The highest BCUT2D eigenvalue weighted by Gasteiger charge is 2.44. The highest BCUT2D eigenvalue weighted by molar-refractivity contribution is 7.89. The second kappa shape index (κ2) is 7.06. The minimum Gasteiger partial charge on any atom is -0.335 e. The summed E-state index contributed by atoms with van der Waals surface area (Å²) in [5.74, 6) is 0.145. The van der Waals surface area contributed by atoms with Gasteiger partial charge in [-0.05, 0) is 19.1 Å². The van der Waals surface area contributed by atoms with Crippen LogP contribution in [-0.2, 0) is 22.2 Å². The van der Waals surface area contributed by atoms with Gasteiger partial charge in [-0.1, -0.05) is 5.16 Å². The summed E-state index contributed by atoms with van der Waals surface area (Å²) in [6.45, 7) is 2.47. The Bertz CT molecular complexity index is 1060. The molecular formula is C17H19FN6O3S. The molecule has 1 aliphatic heterocycles. The van der Waals surface area contributed by atoms with Crippen LogP contribution in [0.1, 0.15) is 25.7 Å². The Morgan fingerprint density at radius 3 is 2.61 bits per heavy atom. The van der Waals surface area contributed by atoms with Crippen LogP contribution < -0.4 is 0 Å². The van der Waals surface area contributed by atoms with Gasteiger partial charge in [-0.25, -0.2) is 12.8 Å². The van der Waals surface area contributed by atoms with Crippen molar-refractivity contribution in [2.24, 2.45) is 0 Å². The van der Waals surface area contributed by atoms with Gasteiger partial charge in [0.15, 0.2) is 5.67 Å². The molecular weight excluding hydrogens is 387 g/mol. The van der Waals surface area contributed by atoms with Crippen molar-refractivity contribution in [2.75, 3.05) is 13.1 Å². The molecule has 0 aliphatic carbocycles. The molecule has 0 N–H and O–H groups in total. The lowest BCUT2D eigenvalue weighted by Gasteiger charge is -2.33. The molecule has 1 aliphatic rings. The normalized spacial score (nSPS) is 17.6. The molecule has 3 aromatic rings. The van der Waals surface area contributed by atoms with Gasteiger partial charge in [-0.3, -0.25) is 9.67 Å². The fraction of sp³-hybridized carbons (Fsp3) is 0.412. The van der Waals surface area contributed by atoms with Crippen LogP contribution >= 0.6 is 0 Å². The van der Waals surface area contributed by atoms with Crippen LogP contribution in [0, 0.1) is 0 Å². The summed E-state index contributed by atoms with van der Waals surface area (Å²) in [5.41, 5.74) is -1.20. The molecule has 28 heavy (non-hydrogen) atoms. The summed E-state index contributed by atoms with van der Waals surface area (Å²) in [6.07, 6.45) is 5.83. The average Bonchev–Trinajstić information content (AvgIpc) is 3.39. The third kappa shape index (κ3) is 3.31. The zero-order chi connectivity index (χ0) is 19.8. The van der Waals surface area contributed by atoms with Crippen LogP contribution in [0.25, 0.3) is 11.4 Å². The fourth-order valence-corrected chi connectivity index (χ4v) is 4.52. The van der Waals surface area contributed by atoms with Crippen LogP contribution in [0.3, 0.4) is 0 Å². The number of pyridine rings is 1. The lowest BCUT2D eigenvalue weighted by atomic mass is 9.94. The van der Waals surface area contributed by atoms with E-state index in [0.29, 0.717) is 12.1 Å². The molecule has 0 spiro atoms. The summed E-state index contributed by atoms with van der Waals surface area (Å²) >= 11 is 0. The molecule has 148 valence electrons. The van der Waals surface area contributed by atoms with Crippen molar-refractivity contribution in [1.29, 1.82) is 0 Å². The molecule has 0 amide bonds. The largest absolute Gasteiger partial charge is 0.335 e. The molecule has 0 radical (unpaired) electrons. The quantitative estimate of drug-likeness (QED) is 0.638. The van der Waals surface area contributed by atoms with Gasteiger partial charge >= 0.3 is 0 Å². The Balaban J connectivity index is 1.49. The highest BCUT2D eigenvalue weighted by atomic mass is 32.2. The lowest BCUT2D eigenvalue weighted by molar-refractivity contribution is 0.0511. The Hall–Kier alpha value is -2.66. The Labute approximate surface area is 161 Å². The summed E-state index contributed by atoms with van der Waals surface area (Å²) in [6, 6.07) is 3.40. The number of hydrogen-bond acceptors (Lipinski definition) is 7. The van der Waals surface area contributed by atoms with E-state index in [1.807, 2.05) is 6.92 Å². The Morgan fingerprint density at radius 1 is 1.25 bits per heavy atom. The number of aromatic nitrogens is 5. The second-order valence-electron chi connectivity index (χ2n) is 6.56. The summed E-state index contributed by atoms with van der Waals surface area (Å²) < 4.78 is 48.9. The molecule has 1 fully saturated rings. The number of piperidine rings is 1.